The van der Waals surface area contributed by atoms with Crippen molar-refractivity contribution in [1.29, 1.82) is 0 Å². The average Bonchev–Trinajstić information content (AvgIpc) is 2.80. The van der Waals surface area contributed by atoms with E-state index in [-0.39, 0.29) is 0 Å². The Morgan fingerprint density at radius 1 is 1.37 bits per heavy atom. The summed E-state index contributed by atoms with van der Waals surface area (Å²) in [6.07, 6.45) is 8.10. The van der Waals surface area contributed by atoms with E-state index in [0.717, 1.165) is 24.9 Å². The van der Waals surface area contributed by atoms with Gasteiger partial charge in [-0.2, -0.15) is 0 Å². The van der Waals surface area contributed by atoms with E-state index in [4.69, 9.17) is 0 Å². The lowest BCUT2D eigenvalue weighted by molar-refractivity contribution is 0.183. The minimum atomic E-state index is 0.641. The molecule has 0 saturated heterocycles. The van der Waals surface area contributed by atoms with Gasteiger partial charge in [-0.25, -0.2) is 4.98 Å². The molecule has 1 saturated carbocycles. The molecule has 0 aromatic carbocycles. The Hall–Kier alpha value is -0.830. The second-order valence-electron chi connectivity index (χ2n) is 6.65. The van der Waals surface area contributed by atoms with Crippen LogP contribution in [0.4, 0.5) is 0 Å². The maximum absolute atomic E-state index is 4.38. The molecule has 0 aliphatic heterocycles. The fraction of sp³-hybridized carbons (Fsp3) is 0.812. The summed E-state index contributed by atoms with van der Waals surface area (Å²) < 4.78 is 2.42. The van der Waals surface area contributed by atoms with Crippen molar-refractivity contribution >= 4 is 0 Å². The molecule has 19 heavy (non-hydrogen) atoms. The monoisotopic (exact) mass is 263 g/mol. The molecule has 0 spiro atoms. The number of imidazole rings is 1. The van der Waals surface area contributed by atoms with Gasteiger partial charge in [-0.3, -0.25) is 0 Å². The van der Waals surface area contributed by atoms with Crippen LogP contribution in [-0.2, 0) is 6.54 Å². The Morgan fingerprint density at radius 3 is 2.89 bits per heavy atom. The minimum absolute atomic E-state index is 0.641. The van der Waals surface area contributed by atoms with E-state index >= 15 is 0 Å². The fourth-order valence-corrected chi connectivity index (χ4v) is 3.20. The second-order valence-corrected chi connectivity index (χ2v) is 6.65. The quantitative estimate of drug-likeness (QED) is 0.879. The molecule has 1 aliphatic carbocycles. The minimum Gasteiger partial charge on any atom is -0.330 e. The van der Waals surface area contributed by atoms with Crippen molar-refractivity contribution in [3.63, 3.8) is 0 Å². The fourth-order valence-electron chi connectivity index (χ4n) is 3.20. The van der Waals surface area contributed by atoms with Gasteiger partial charge in [0.1, 0.15) is 0 Å². The number of rotatable bonds is 5. The predicted octanol–water partition coefficient (Wildman–Crippen LogP) is 3.63. The molecule has 1 N–H and O–H groups in total. The smallest absolute Gasteiger partial charge is 0.0951 e. The molecular formula is C16H29N3. The number of hydrogen-bond acceptors (Lipinski definition) is 2. The first-order chi connectivity index (χ1) is 9.09. The second kappa shape index (κ2) is 6.56. The van der Waals surface area contributed by atoms with Gasteiger partial charge in [0, 0.05) is 18.8 Å². The largest absolute Gasteiger partial charge is 0.330 e. The molecule has 1 aromatic rings. The van der Waals surface area contributed by atoms with E-state index < -0.39 is 0 Å². The molecule has 1 aliphatic rings. The Morgan fingerprint density at radius 2 is 2.16 bits per heavy atom. The zero-order valence-electron chi connectivity index (χ0n) is 12.9. The van der Waals surface area contributed by atoms with Crippen molar-refractivity contribution in [3.05, 3.63) is 18.2 Å². The molecule has 3 heteroatoms. The van der Waals surface area contributed by atoms with Gasteiger partial charge in [0.05, 0.1) is 12.0 Å². The van der Waals surface area contributed by atoms with Gasteiger partial charge in [0.2, 0.25) is 0 Å². The van der Waals surface area contributed by atoms with Crippen molar-refractivity contribution in [2.75, 3.05) is 6.54 Å². The molecule has 1 heterocycles. The summed E-state index contributed by atoms with van der Waals surface area (Å²) in [6.45, 7) is 11.3. The van der Waals surface area contributed by atoms with Gasteiger partial charge >= 0.3 is 0 Å². The highest BCUT2D eigenvalue weighted by Gasteiger charge is 2.29. The number of nitrogens with zero attached hydrogens (tertiary/aromatic N) is 2. The number of nitrogens with one attached hydrogen (secondary N) is 1. The summed E-state index contributed by atoms with van der Waals surface area (Å²) in [5.41, 5.74) is 1.34. The first kappa shape index (κ1) is 14.6. The van der Waals surface area contributed by atoms with Crippen LogP contribution < -0.4 is 5.32 Å². The van der Waals surface area contributed by atoms with Crippen molar-refractivity contribution in [2.24, 2.45) is 17.8 Å². The Bertz CT molecular complexity index is 383. The maximum atomic E-state index is 4.38. The van der Waals surface area contributed by atoms with Crippen LogP contribution in [0.5, 0.6) is 0 Å². The van der Waals surface area contributed by atoms with Crippen molar-refractivity contribution in [3.8, 4) is 0 Å². The molecule has 3 atom stereocenters. The first-order valence-corrected chi connectivity index (χ1v) is 7.81. The van der Waals surface area contributed by atoms with Gasteiger partial charge in [0.15, 0.2) is 0 Å². The Balaban J connectivity index is 2.02. The first-order valence-electron chi connectivity index (χ1n) is 7.81. The summed E-state index contributed by atoms with van der Waals surface area (Å²) in [4.78, 5) is 4.38. The molecule has 0 bridgehead atoms. The van der Waals surface area contributed by atoms with E-state index in [1.54, 1.807) is 0 Å². The van der Waals surface area contributed by atoms with Crippen LogP contribution in [0.2, 0.25) is 0 Å². The average molecular weight is 263 g/mol. The maximum Gasteiger partial charge on any atom is 0.0951 e. The summed E-state index contributed by atoms with van der Waals surface area (Å²) in [7, 11) is 0. The molecule has 0 amide bonds. The summed E-state index contributed by atoms with van der Waals surface area (Å²) in [5, 5.41) is 3.53. The Labute approximate surface area is 117 Å². The molecule has 3 nitrogen and oxygen atoms in total. The highest BCUT2D eigenvalue weighted by Crippen LogP contribution is 2.38. The molecule has 108 valence electrons. The number of hydrogen-bond donors (Lipinski definition) is 1. The highest BCUT2D eigenvalue weighted by atomic mass is 15.1. The summed E-state index contributed by atoms with van der Waals surface area (Å²) in [5.74, 6) is 2.29. The zero-order valence-corrected chi connectivity index (χ0v) is 12.9. The molecule has 1 fully saturated rings. The van der Waals surface area contributed by atoms with Gasteiger partial charge in [-0.05, 0) is 30.7 Å². The highest BCUT2D eigenvalue weighted by molar-refractivity contribution is 5.02. The van der Waals surface area contributed by atoms with Crippen LogP contribution in [0, 0.1) is 17.8 Å². The normalized spacial score (nSPS) is 27.9. The van der Waals surface area contributed by atoms with Crippen LogP contribution in [0.15, 0.2) is 12.5 Å². The third-order valence-corrected chi connectivity index (χ3v) is 4.63. The van der Waals surface area contributed by atoms with Gasteiger partial charge in [-0.15, -0.1) is 0 Å². The summed E-state index contributed by atoms with van der Waals surface area (Å²) >= 11 is 0. The Kier molecular flexibility index (Phi) is 5.03. The van der Waals surface area contributed by atoms with Crippen LogP contribution in [0.1, 0.15) is 58.7 Å². The SMILES string of the molecule is CC(C)CNCc1cncn1C1CCCC(C)C1C. The van der Waals surface area contributed by atoms with Crippen LogP contribution >= 0.6 is 0 Å². The molecule has 3 unspecified atom stereocenters. The summed E-state index contributed by atoms with van der Waals surface area (Å²) in [6, 6.07) is 0.641. The molecule has 0 radical (unpaired) electrons. The van der Waals surface area contributed by atoms with Crippen molar-refractivity contribution in [1.82, 2.24) is 14.9 Å². The molecule has 1 aromatic heterocycles. The molecule has 2 rings (SSSR count). The van der Waals surface area contributed by atoms with Crippen LogP contribution in [-0.4, -0.2) is 16.1 Å². The van der Waals surface area contributed by atoms with Crippen molar-refractivity contribution in [2.45, 2.75) is 59.5 Å². The topological polar surface area (TPSA) is 29.9 Å². The van der Waals surface area contributed by atoms with Crippen LogP contribution in [0.25, 0.3) is 0 Å². The van der Waals surface area contributed by atoms with Gasteiger partial charge in [-0.1, -0.05) is 40.5 Å². The van der Waals surface area contributed by atoms with Gasteiger partial charge < -0.3 is 9.88 Å². The van der Waals surface area contributed by atoms with Gasteiger partial charge in [0.25, 0.3) is 0 Å². The van der Waals surface area contributed by atoms with E-state index in [0.29, 0.717) is 12.0 Å². The van der Waals surface area contributed by atoms with E-state index in [9.17, 15) is 0 Å². The number of aromatic nitrogens is 2. The lowest BCUT2D eigenvalue weighted by Crippen LogP contribution is -2.29. The lowest BCUT2D eigenvalue weighted by Gasteiger charge is -2.35. The van der Waals surface area contributed by atoms with E-state index in [1.165, 1.54) is 25.0 Å². The van der Waals surface area contributed by atoms with Crippen LogP contribution in [0.3, 0.4) is 0 Å². The predicted molar refractivity (Wildman–Crippen MR) is 80.0 cm³/mol. The van der Waals surface area contributed by atoms with E-state index in [2.05, 4.69) is 42.6 Å². The third-order valence-electron chi connectivity index (χ3n) is 4.63. The van der Waals surface area contributed by atoms with Crippen molar-refractivity contribution < 1.29 is 0 Å². The molecular weight excluding hydrogens is 234 g/mol. The standard InChI is InChI=1S/C16H29N3/c1-12(2)8-17-9-15-10-18-11-19(15)16-7-5-6-13(3)14(16)4/h10-14,16-17H,5-9H2,1-4H3. The zero-order chi connectivity index (χ0) is 13.8. The van der Waals surface area contributed by atoms with E-state index in [1.807, 2.05) is 12.5 Å². The third kappa shape index (κ3) is 3.59. The lowest BCUT2D eigenvalue weighted by atomic mass is 9.78.